The standard InChI is InChI=1S/C14H26N2O/c1-11(2)9-14(6-3-4-7-14)13(17)16-12-5-8-15-10-12/h11-12,15H,3-10H2,1-2H3,(H,16,17)/t12-/m1/s1. The number of amides is 1. The molecule has 0 aromatic carbocycles. The molecule has 1 saturated heterocycles. The third kappa shape index (κ3) is 3.01. The molecular formula is C14H26N2O. The average Bonchev–Trinajstić information content (AvgIpc) is 2.88. The second-order valence-corrected chi connectivity index (χ2v) is 6.25. The predicted molar refractivity (Wildman–Crippen MR) is 69.8 cm³/mol. The molecule has 1 aliphatic carbocycles. The summed E-state index contributed by atoms with van der Waals surface area (Å²) >= 11 is 0. The molecule has 0 unspecified atom stereocenters. The molecule has 0 radical (unpaired) electrons. The van der Waals surface area contributed by atoms with Crippen LogP contribution in [0.1, 0.15) is 52.4 Å². The zero-order chi connectivity index (χ0) is 12.3. The molecule has 1 heterocycles. The fraction of sp³-hybridized carbons (Fsp3) is 0.929. The number of rotatable bonds is 4. The highest BCUT2D eigenvalue weighted by atomic mass is 16.2. The van der Waals surface area contributed by atoms with E-state index in [1.165, 1.54) is 12.8 Å². The molecule has 3 nitrogen and oxygen atoms in total. The molecule has 1 aliphatic heterocycles. The Morgan fingerprint density at radius 3 is 2.65 bits per heavy atom. The molecule has 0 aromatic rings. The number of nitrogens with one attached hydrogen (secondary N) is 2. The monoisotopic (exact) mass is 238 g/mol. The largest absolute Gasteiger partial charge is 0.352 e. The smallest absolute Gasteiger partial charge is 0.226 e. The summed E-state index contributed by atoms with van der Waals surface area (Å²) in [7, 11) is 0. The quantitative estimate of drug-likeness (QED) is 0.787. The third-order valence-electron chi connectivity index (χ3n) is 4.24. The Morgan fingerprint density at radius 1 is 1.41 bits per heavy atom. The van der Waals surface area contributed by atoms with Crippen LogP contribution in [0.25, 0.3) is 0 Å². The van der Waals surface area contributed by atoms with Crippen molar-refractivity contribution in [2.24, 2.45) is 11.3 Å². The molecular weight excluding hydrogens is 212 g/mol. The van der Waals surface area contributed by atoms with Crippen LogP contribution >= 0.6 is 0 Å². The SMILES string of the molecule is CC(C)CC1(C(=O)N[C@@H]2CCNC2)CCCC1. The van der Waals surface area contributed by atoms with Gasteiger partial charge in [0.05, 0.1) is 0 Å². The summed E-state index contributed by atoms with van der Waals surface area (Å²) in [5, 5.41) is 6.57. The molecule has 17 heavy (non-hydrogen) atoms. The van der Waals surface area contributed by atoms with Crippen LogP contribution in [0.15, 0.2) is 0 Å². The van der Waals surface area contributed by atoms with Crippen molar-refractivity contribution in [3.63, 3.8) is 0 Å². The summed E-state index contributed by atoms with van der Waals surface area (Å²) in [6.45, 7) is 6.45. The van der Waals surface area contributed by atoms with Gasteiger partial charge < -0.3 is 10.6 Å². The highest BCUT2D eigenvalue weighted by Crippen LogP contribution is 2.43. The first kappa shape index (κ1) is 12.9. The lowest BCUT2D eigenvalue weighted by Crippen LogP contribution is -2.45. The molecule has 3 heteroatoms. The van der Waals surface area contributed by atoms with E-state index in [4.69, 9.17) is 0 Å². The van der Waals surface area contributed by atoms with Gasteiger partial charge in [-0.1, -0.05) is 26.7 Å². The molecule has 2 aliphatic rings. The van der Waals surface area contributed by atoms with Crippen molar-refractivity contribution >= 4 is 5.91 Å². The van der Waals surface area contributed by atoms with Gasteiger partial charge in [-0.3, -0.25) is 4.79 Å². The van der Waals surface area contributed by atoms with Gasteiger partial charge in [0.2, 0.25) is 5.91 Å². The van der Waals surface area contributed by atoms with E-state index in [1.54, 1.807) is 0 Å². The van der Waals surface area contributed by atoms with Crippen molar-refractivity contribution in [2.75, 3.05) is 13.1 Å². The maximum Gasteiger partial charge on any atom is 0.226 e. The van der Waals surface area contributed by atoms with Crippen LogP contribution in [0, 0.1) is 11.3 Å². The normalized spacial score (nSPS) is 27.6. The van der Waals surface area contributed by atoms with Crippen molar-refractivity contribution in [2.45, 2.75) is 58.4 Å². The Bertz CT molecular complexity index is 263. The first-order valence-electron chi connectivity index (χ1n) is 7.14. The molecule has 0 bridgehead atoms. The lowest BCUT2D eigenvalue weighted by atomic mass is 9.77. The van der Waals surface area contributed by atoms with Crippen molar-refractivity contribution < 1.29 is 4.79 Å². The summed E-state index contributed by atoms with van der Waals surface area (Å²) in [5.74, 6) is 0.943. The van der Waals surface area contributed by atoms with Crippen molar-refractivity contribution in [3.05, 3.63) is 0 Å². The Balaban J connectivity index is 1.97. The van der Waals surface area contributed by atoms with Crippen LogP contribution in [-0.2, 0) is 4.79 Å². The summed E-state index contributed by atoms with van der Waals surface area (Å²) in [5.41, 5.74) is -0.0449. The van der Waals surface area contributed by atoms with Gasteiger partial charge in [0.1, 0.15) is 0 Å². The van der Waals surface area contributed by atoms with E-state index in [0.29, 0.717) is 17.9 Å². The van der Waals surface area contributed by atoms with E-state index in [2.05, 4.69) is 24.5 Å². The topological polar surface area (TPSA) is 41.1 Å². The number of carbonyl (C=O) groups excluding carboxylic acids is 1. The van der Waals surface area contributed by atoms with Gasteiger partial charge >= 0.3 is 0 Å². The van der Waals surface area contributed by atoms with Gasteiger partial charge in [0, 0.05) is 18.0 Å². The second kappa shape index (κ2) is 5.38. The van der Waals surface area contributed by atoms with Crippen LogP contribution in [0.5, 0.6) is 0 Å². The molecule has 1 amide bonds. The Labute approximate surface area is 105 Å². The van der Waals surface area contributed by atoms with Gasteiger partial charge in [-0.25, -0.2) is 0 Å². The summed E-state index contributed by atoms with van der Waals surface area (Å²) < 4.78 is 0. The fourth-order valence-electron chi connectivity index (χ4n) is 3.47. The van der Waals surface area contributed by atoms with Gasteiger partial charge in [-0.2, -0.15) is 0 Å². The van der Waals surface area contributed by atoms with E-state index < -0.39 is 0 Å². The summed E-state index contributed by atoms with van der Waals surface area (Å²) in [6.07, 6.45) is 6.78. The highest BCUT2D eigenvalue weighted by molar-refractivity contribution is 5.83. The molecule has 2 fully saturated rings. The van der Waals surface area contributed by atoms with Crippen LogP contribution in [-0.4, -0.2) is 25.0 Å². The maximum atomic E-state index is 12.5. The van der Waals surface area contributed by atoms with Crippen LogP contribution in [0.2, 0.25) is 0 Å². The summed E-state index contributed by atoms with van der Waals surface area (Å²) in [4.78, 5) is 12.5. The van der Waals surface area contributed by atoms with Crippen LogP contribution in [0.4, 0.5) is 0 Å². The van der Waals surface area contributed by atoms with E-state index in [-0.39, 0.29) is 5.41 Å². The van der Waals surface area contributed by atoms with E-state index in [9.17, 15) is 4.79 Å². The van der Waals surface area contributed by atoms with Crippen LogP contribution in [0.3, 0.4) is 0 Å². The van der Waals surface area contributed by atoms with Crippen molar-refractivity contribution in [1.82, 2.24) is 10.6 Å². The number of hydrogen-bond donors (Lipinski definition) is 2. The van der Waals surface area contributed by atoms with Crippen molar-refractivity contribution in [1.29, 1.82) is 0 Å². The molecule has 2 rings (SSSR count). The summed E-state index contributed by atoms with van der Waals surface area (Å²) in [6, 6.07) is 0.368. The molecule has 1 saturated carbocycles. The van der Waals surface area contributed by atoms with E-state index in [1.807, 2.05) is 0 Å². The molecule has 0 spiro atoms. The minimum Gasteiger partial charge on any atom is -0.352 e. The zero-order valence-electron chi connectivity index (χ0n) is 11.2. The maximum absolute atomic E-state index is 12.5. The van der Waals surface area contributed by atoms with Crippen molar-refractivity contribution in [3.8, 4) is 0 Å². The minimum absolute atomic E-state index is 0.0449. The van der Waals surface area contributed by atoms with Gasteiger partial charge in [-0.05, 0) is 38.1 Å². The third-order valence-corrected chi connectivity index (χ3v) is 4.24. The van der Waals surface area contributed by atoms with E-state index in [0.717, 1.165) is 38.8 Å². The van der Waals surface area contributed by atoms with Gasteiger partial charge in [0.15, 0.2) is 0 Å². The van der Waals surface area contributed by atoms with Gasteiger partial charge in [-0.15, -0.1) is 0 Å². The first-order valence-corrected chi connectivity index (χ1v) is 7.14. The first-order chi connectivity index (χ1) is 8.12. The Kier molecular flexibility index (Phi) is 4.08. The highest BCUT2D eigenvalue weighted by Gasteiger charge is 2.41. The predicted octanol–water partition coefficient (Wildman–Crippen LogP) is 2.07. The van der Waals surface area contributed by atoms with Crippen LogP contribution < -0.4 is 10.6 Å². The van der Waals surface area contributed by atoms with E-state index >= 15 is 0 Å². The number of carbonyl (C=O) groups is 1. The molecule has 98 valence electrons. The molecule has 1 atom stereocenters. The molecule has 0 aromatic heterocycles. The zero-order valence-corrected chi connectivity index (χ0v) is 11.2. The lowest BCUT2D eigenvalue weighted by molar-refractivity contribution is -0.132. The van der Waals surface area contributed by atoms with Gasteiger partial charge in [0.25, 0.3) is 0 Å². The Morgan fingerprint density at radius 2 is 2.12 bits per heavy atom. The number of hydrogen-bond acceptors (Lipinski definition) is 2. The Hall–Kier alpha value is -0.570. The average molecular weight is 238 g/mol. The molecule has 2 N–H and O–H groups in total. The second-order valence-electron chi connectivity index (χ2n) is 6.25. The lowest BCUT2D eigenvalue weighted by Gasteiger charge is -2.30. The minimum atomic E-state index is -0.0449. The fourth-order valence-corrected chi connectivity index (χ4v) is 3.47.